The smallest absolute Gasteiger partial charge is 0.293 e. The second-order valence-corrected chi connectivity index (χ2v) is 11.0. The predicted molar refractivity (Wildman–Crippen MR) is 166 cm³/mol. The van der Waals surface area contributed by atoms with E-state index >= 15 is 0 Å². The number of carbonyl (C=O) groups is 2. The van der Waals surface area contributed by atoms with Gasteiger partial charge in [-0.25, -0.2) is 0 Å². The maximum Gasteiger partial charge on any atom is 0.293 e. The zero-order chi connectivity index (χ0) is 28.3. The number of thioether (sulfide) groups is 1. The van der Waals surface area contributed by atoms with Gasteiger partial charge in [-0.15, -0.1) is 0 Å². The SMILES string of the molecule is CCOc1cc(/C=C2\SC(=O)N(Cc3ccc4ccccc4c3)C2=O)cc(Cl)c1OCc1cccc2ccccc12. The molecule has 0 spiro atoms. The lowest BCUT2D eigenvalue weighted by molar-refractivity contribution is -0.123. The zero-order valence-corrected chi connectivity index (χ0v) is 23.9. The van der Waals surface area contributed by atoms with Crippen molar-refractivity contribution in [2.24, 2.45) is 0 Å². The fourth-order valence-electron chi connectivity index (χ4n) is 4.95. The van der Waals surface area contributed by atoms with Crippen molar-refractivity contribution in [3.8, 4) is 11.5 Å². The van der Waals surface area contributed by atoms with Gasteiger partial charge in [-0.2, -0.15) is 0 Å². The number of fused-ring (bicyclic) bond motifs is 2. The highest BCUT2D eigenvalue weighted by Crippen LogP contribution is 2.40. The highest BCUT2D eigenvalue weighted by Gasteiger charge is 2.35. The van der Waals surface area contributed by atoms with Gasteiger partial charge in [-0.05, 0) is 81.2 Å². The number of rotatable bonds is 8. The summed E-state index contributed by atoms with van der Waals surface area (Å²) >= 11 is 7.61. The standard InChI is InChI=1S/C34H26ClNO4S/c1-2-39-30-18-23(17-29(35)32(30)40-21-27-12-7-11-25-9-5-6-13-28(25)27)19-31-33(37)36(34(38)41-31)20-22-14-15-24-8-3-4-10-26(24)16-22/h3-19H,2,20-21H2,1H3/b31-19-. The van der Waals surface area contributed by atoms with Crippen LogP contribution in [-0.2, 0) is 17.9 Å². The number of nitrogens with zero attached hydrogens (tertiary/aromatic N) is 1. The fraction of sp³-hybridized carbons (Fsp3) is 0.118. The van der Waals surface area contributed by atoms with Gasteiger partial charge in [0.2, 0.25) is 0 Å². The molecule has 0 bridgehead atoms. The third-order valence-electron chi connectivity index (χ3n) is 6.91. The van der Waals surface area contributed by atoms with Crippen molar-refractivity contribution in [2.45, 2.75) is 20.1 Å². The summed E-state index contributed by atoms with van der Waals surface area (Å²) in [5.41, 5.74) is 2.57. The molecule has 5 aromatic carbocycles. The first-order valence-corrected chi connectivity index (χ1v) is 14.5. The Kier molecular flexibility index (Phi) is 7.68. The molecule has 1 heterocycles. The lowest BCUT2D eigenvalue weighted by Gasteiger charge is -2.15. The molecule has 7 heteroatoms. The van der Waals surface area contributed by atoms with Gasteiger partial charge in [-0.1, -0.05) is 90.5 Å². The highest BCUT2D eigenvalue weighted by atomic mass is 35.5. The number of hydrogen-bond acceptors (Lipinski definition) is 5. The van der Waals surface area contributed by atoms with Crippen LogP contribution in [0, 0.1) is 0 Å². The van der Waals surface area contributed by atoms with Crippen molar-refractivity contribution in [3.63, 3.8) is 0 Å². The zero-order valence-electron chi connectivity index (χ0n) is 22.3. The van der Waals surface area contributed by atoms with E-state index in [4.69, 9.17) is 21.1 Å². The average molecular weight is 580 g/mol. The second-order valence-electron chi connectivity index (χ2n) is 9.64. The second kappa shape index (κ2) is 11.7. The molecule has 1 fully saturated rings. The minimum Gasteiger partial charge on any atom is -0.490 e. The number of amides is 2. The number of carbonyl (C=O) groups excluding carboxylic acids is 2. The van der Waals surface area contributed by atoms with Gasteiger partial charge in [0.15, 0.2) is 11.5 Å². The quantitative estimate of drug-likeness (QED) is 0.172. The van der Waals surface area contributed by atoms with Crippen molar-refractivity contribution in [1.29, 1.82) is 0 Å². The van der Waals surface area contributed by atoms with Crippen LogP contribution in [-0.4, -0.2) is 22.7 Å². The van der Waals surface area contributed by atoms with Crippen molar-refractivity contribution < 1.29 is 19.1 Å². The Morgan fingerprint density at radius 3 is 2.41 bits per heavy atom. The molecule has 0 aromatic heterocycles. The summed E-state index contributed by atoms with van der Waals surface area (Å²) < 4.78 is 12.1. The minimum atomic E-state index is -0.335. The number of ether oxygens (including phenoxy) is 2. The molecule has 1 aliphatic rings. The molecule has 41 heavy (non-hydrogen) atoms. The van der Waals surface area contributed by atoms with E-state index in [-0.39, 0.29) is 17.7 Å². The molecule has 0 unspecified atom stereocenters. The number of benzene rings is 5. The number of hydrogen-bond donors (Lipinski definition) is 0. The van der Waals surface area contributed by atoms with Crippen LogP contribution >= 0.6 is 23.4 Å². The van der Waals surface area contributed by atoms with Crippen LogP contribution in [0.3, 0.4) is 0 Å². The normalized spacial score (nSPS) is 14.4. The Balaban J connectivity index is 1.23. The van der Waals surface area contributed by atoms with Crippen LogP contribution < -0.4 is 9.47 Å². The van der Waals surface area contributed by atoms with Crippen molar-refractivity contribution >= 4 is 62.1 Å². The molecule has 0 radical (unpaired) electrons. The average Bonchev–Trinajstić information content (AvgIpc) is 3.24. The van der Waals surface area contributed by atoms with Crippen molar-refractivity contribution in [3.05, 3.63) is 124 Å². The van der Waals surface area contributed by atoms with Gasteiger partial charge >= 0.3 is 0 Å². The lowest BCUT2D eigenvalue weighted by atomic mass is 10.1. The van der Waals surface area contributed by atoms with Crippen LogP contribution in [0.1, 0.15) is 23.6 Å². The molecule has 5 nitrogen and oxygen atoms in total. The summed E-state index contributed by atoms with van der Waals surface area (Å²) in [6.07, 6.45) is 1.67. The molecule has 5 aromatic rings. The van der Waals surface area contributed by atoms with Gasteiger partial charge in [0, 0.05) is 0 Å². The summed E-state index contributed by atoms with van der Waals surface area (Å²) in [5, 5.41) is 4.47. The third-order valence-corrected chi connectivity index (χ3v) is 8.10. The molecule has 204 valence electrons. The summed E-state index contributed by atoms with van der Waals surface area (Å²) in [5.74, 6) is 0.573. The van der Waals surface area contributed by atoms with Crippen LogP contribution in [0.15, 0.2) is 102 Å². The number of imide groups is 1. The van der Waals surface area contributed by atoms with E-state index in [1.807, 2.05) is 73.7 Å². The molecule has 1 saturated heterocycles. The molecule has 0 aliphatic carbocycles. The fourth-order valence-corrected chi connectivity index (χ4v) is 6.06. The van der Waals surface area contributed by atoms with Gasteiger partial charge in [0.25, 0.3) is 11.1 Å². The Morgan fingerprint density at radius 1 is 0.829 bits per heavy atom. The highest BCUT2D eigenvalue weighted by molar-refractivity contribution is 8.18. The molecule has 0 atom stereocenters. The molecule has 1 aliphatic heterocycles. The van der Waals surface area contributed by atoms with E-state index in [1.165, 1.54) is 4.90 Å². The Hall–Kier alpha value is -4.26. The topological polar surface area (TPSA) is 55.8 Å². The van der Waals surface area contributed by atoms with Crippen molar-refractivity contribution in [1.82, 2.24) is 4.90 Å². The Bertz CT molecular complexity index is 1830. The van der Waals surface area contributed by atoms with Gasteiger partial charge in [0.05, 0.1) is 23.1 Å². The van der Waals surface area contributed by atoms with Crippen LogP contribution in [0.5, 0.6) is 11.5 Å². The van der Waals surface area contributed by atoms with Gasteiger partial charge in [0.1, 0.15) is 6.61 Å². The monoisotopic (exact) mass is 579 g/mol. The third kappa shape index (κ3) is 5.67. The first-order valence-electron chi connectivity index (χ1n) is 13.3. The molecule has 2 amide bonds. The molecule has 6 rings (SSSR count). The minimum absolute atomic E-state index is 0.207. The molecular formula is C34H26ClNO4S. The van der Waals surface area contributed by atoms with E-state index in [2.05, 4.69) is 18.2 Å². The lowest BCUT2D eigenvalue weighted by Crippen LogP contribution is -2.27. The van der Waals surface area contributed by atoms with E-state index in [1.54, 1.807) is 18.2 Å². The van der Waals surface area contributed by atoms with E-state index in [0.29, 0.717) is 40.2 Å². The van der Waals surface area contributed by atoms with E-state index < -0.39 is 0 Å². The summed E-state index contributed by atoms with van der Waals surface area (Å²) in [7, 11) is 0. The summed E-state index contributed by atoms with van der Waals surface area (Å²) in [6, 6.07) is 31.7. The maximum atomic E-state index is 13.2. The Labute approximate surface area is 247 Å². The molecule has 0 N–H and O–H groups in total. The number of halogens is 1. The molecule has 0 saturated carbocycles. The first-order chi connectivity index (χ1) is 20.0. The predicted octanol–water partition coefficient (Wildman–Crippen LogP) is 8.86. The van der Waals surface area contributed by atoms with E-state index in [0.717, 1.165) is 44.4 Å². The van der Waals surface area contributed by atoms with Gasteiger partial charge in [-0.3, -0.25) is 14.5 Å². The summed E-state index contributed by atoms with van der Waals surface area (Å²) in [6.45, 7) is 2.81. The Morgan fingerprint density at radius 2 is 1.59 bits per heavy atom. The molecular weight excluding hydrogens is 554 g/mol. The van der Waals surface area contributed by atoms with E-state index in [9.17, 15) is 9.59 Å². The summed E-state index contributed by atoms with van der Waals surface area (Å²) in [4.78, 5) is 27.7. The first kappa shape index (κ1) is 26.9. The van der Waals surface area contributed by atoms with Crippen molar-refractivity contribution in [2.75, 3.05) is 6.61 Å². The van der Waals surface area contributed by atoms with Crippen LogP contribution in [0.2, 0.25) is 5.02 Å². The largest absolute Gasteiger partial charge is 0.490 e. The van der Waals surface area contributed by atoms with Gasteiger partial charge < -0.3 is 9.47 Å². The van der Waals surface area contributed by atoms with Crippen LogP contribution in [0.4, 0.5) is 4.79 Å². The van der Waals surface area contributed by atoms with Crippen LogP contribution in [0.25, 0.3) is 27.6 Å². The maximum absolute atomic E-state index is 13.2.